The highest BCUT2D eigenvalue weighted by atomic mass is 16.6. The van der Waals surface area contributed by atoms with Crippen molar-refractivity contribution in [1.82, 2.24) is 0 Å². The van der Waals surface area contributed by atoms with Gasteiger partial charge in [0, 0.05) is 23.4 Å². The standard InChI is InChI=1S/C21H23NO7/c1-12(23)14-7-6-8-15(9-14)22-20(24)13(2)29-21(25)16-10-18(27-4)19(28-5)11-17(16)26-3/h6-11,13H,1-5H3,(H,22,24)/t13-/m0/s1. The highest BCUT2D eigenvalue weighted by Crippen LogP contribution is 2.35. The van der Waals surface area contributed by atoms with Gasteiger partial charge in [-0.15, -0.1) is 0 Å². The molecule has 8 nitrogen and oxygen atoms in total. The van der Waals surface area contributed by atoms with Crippen molar-refractivity contribution in [2.75, 3.05) is 26.6 Å². The number of Topliss-reactive ketones (excluding diaryl/α,β-unsaturated/α-hetero) is 1. The molecule has 8 heteroatoms. The van der Waals surface area contributed by atoms with Crippen LogP contribution in [0, 0.1) is 0 Å². The van der Waals surface area contributed by atoms with Gasteiger partial charge in [-0.25, -0.2) is 4.79 Å². The topological polar surface area (TPSA) is 100 Å². The fraction of sp³-hybridized carbons (Fsp3) is 0.286. The smallest absolute Gasteiger partial charge is 0.342 e. The van der Waals surface area contributed by atoms with Gasteiger partial charge in [0.1, 0.15) is 11.3 Å². The number of nitrogens with one attached hydrogen (secondary N) is 1. The Morgan fingerprint density at radius 1 is 0.897 bits per heavy atom. The van der Waals surface area contributed by atoms with Gasteiger partial charge < -0.3 is 24.3 Å². The van der Waals surface area contributed by atoms with E-state index in [0.29, 0.717) is 22.7 Å². The summed E-state index contributed by atoms with van der Waals surface area (Å²) in [6.45, 7) is 2.87. The number of ketones is 1. The van der Waals surface area contributed by atoms with E-state index in [1.54, 1.807) is 24.3 Å². The van der Waals surface area contributed by atoms with Crippen LogP contribution in [-0.2, 0) is 9.53 Å². The summed E-state index contributed by atoms with van der Waals surface area (Å²) in [5.41, 5.74) is 0.972. The van der Waals surface area contributed by atoms with E-state index >= 15 is 0 Å². The maximum absolute atomic E-state index is 12.6. The van der Waals surface area contributed by atoms with Gasteiger partial charge in [0.15, 0.2) is 23.4 Å². The van der Waals surface area contributed by atoms with Crippen LogP contribution in [0.25, 0.3) is 0 Å². The largest absolute Gasteiger partial charge is 0.496 e. The Labute approximate surface area is 168 Å². The van der Waals surface area contributed by atoms with Crippen molar-refractivity contribution in [3.05, 3.63) is 47.5 Å². The number of benzene rings is 2. The zero-order chi connectivity index (χ0) is 21.6. The predicted octanol–water partition coefficient (Wildman–Crippen LogP) is 3.10. The van der Waals surface area contributed by atoms with Crippen molar-refractivity contribution >= 4 is 23.3 Å². The van der Waals surface area contributed by atoms with Crippen LogP contribution < -0.4 is 19.5 Å². The third-order valence-electron chi connectivity index (χ3n) is 4.12. The molecule has 29 heavy (non-hydrogen) atoms. The van der Waals surface area contributed by atoms with E-state index in [9.17, 15) is 14.4 Å². The van der Waals surface area contributed by atoms with Crippen LogP contribution in [0.1, 0.15) is 34.6 Å². The first-order chi connectivity index (χ1) is 13.8. The second-order valence-corrected chi connectivity index (χ2v) is 6.08. The molecule has 0 saturated heterocycles. The number of hydrogen-bond acceptors (Lipinski definition) is 7. The Kier molecular flexibility index (Phi) is 7.19. The number of carbonyl (C=O) groups is 3. The van der Waals surface area contributed by atoms with Crippen molar-refractivity contribution in [3.63, 3.8) is 0 Å². The number of esters is 1. The van der Waals surface area contributed by atoms with Crippen LogP contribution in [0.5, 0.6) is 17.2 Å². The molecule has 2 rings (SSSR count). The van der Waals surface area contributed by atoms with Gasteiger partial charge in [-0.3, -0.25) is 9.59 Å². The van der Waals surface area contributed by atoms with Crippen molar-refractivity contribution in [1.29, 1.82) is 0 Å². The average Bonchev–Trinajstić information content (AvgIpc) is 2.72. The van der Waals surface area contributed by atoms with E-state index in [4.69, 9.17) is 18.9 Å². The highest BCUT2D eigenvalue weighted by molar-refractivity contribution is 6.00. The molecule has 2 aromatic rings. The first-order valence-electron chi connectivity index (χ1n) is 8.73. The molecule has 0 saturated carbocycles. The number of carbonyl (C=O) groups excluding carboxylic acids is 3. The molecule has 1 amide bonds. The SMILES string of the molecule is COc1cc(OC)c(C(=O)O[C@@H](C)C(=O)Nc2cccc(C(C)=O)c2)cc1OC. The normalized spacial score (nSPS) is 11.2. The summed E-state index contributed by atoms with van der Waals surface area (Å²) in [5, 5.41) is 2.62. The molecule has 0 aliphatic rings. The molecule has 0 bridgehead atoms. The summed E-state index contributed by atoms with van der Waals surface area (Å²) in [7, 11) is 4.30. The first kappa shape index (κ1) is 21.7. The summed E-state index contributed by atoms with van der Waals surface area (Å²) >= 11 is 0. The Morgan fingerprint density at radius 2 is 1.52 bits per heavy atom. The average molecular weight is 401 g/mol. The molecule has 154 valence electrons. The molecule has 0 unspecified atom stereocenters. The second kappa shape index (κ2) is 9.59. The minimum atomic E-state index is -1.10. The van der Waals surface area contributed by atoms with Gasteiger partial charge in [0.05, 0.1) is 21.3 Å². The molecule has 0 heterocycles. The van der Waals surface area contributed by atoms with Crippen LogP contribution in [0.4, 0.5) is 5.69 Å². The van der Waals surface area contributed by atoms with Crippen LogP contribution in [-0.4, -0.2) is 45.1 Å². The summed E-state index contributed by atoms with van der Waals surface area (Å²) in [5.74, 6) is -0.507. The van der Waals surface area contributed by atoms with E-state index in [0.717, 1.165) is 0 Å². The molecule has 0 fully saturated rings. The lowest BCUT2D eigenvalue weighted by atomic mass is 10.1. The zero-order valence-electron chi connectivity index (χ0n) is 16.9. The highest BCUT2D eigenvalue weighted by Gasteiger charge is 2.24. The van der Waals surface area contributed by atoms with Gasteiger partial charge in [0.2, 0.25) is 0 Å². The van der Waals surface area contributed by atoms with Crippen LogP contribution >= 0.6 is 0 Å². The maximum atomic E-state index is 12.6. The molecule has 0 aliphatic carbocycles. The quantitative estimate of drug-likeness (QED) is 0.536. The fourth-order valence-electron chi connectivity index (χ4n) is 2.53. The van der Waals surface area contributed by atoms with Crippen LogP contribution in [0.3, 0.4) is 0 Å². The minimum Gasteiger partial charge on any atom is -0.496 e. The van der Waals surface area contributed by atoms with Crippen LogP contribution in [0.2, 0.25) is 0 Å². The summed E-state index contributed by atoms with van der Waals surface area (Å²) in [6, 6.07) is 9.39. The van der Waals surface area contributed by atoms with E-state index in [2.05, 4.69) is 5.32 Å². The number of ether oxygens (including phenoxy) is 4. The lowest BCUT2D eigenvalue weighted by molar-refractivity contribution is -0.123. The summed E-state index contributed by atoms with van der Waals surface area (Å²) < 4.78 is 20.9. The third-order valence-corrected chi connectivity index (χ3v) is 4.12. The second-order valence-electron chi connectivity index (χ2n) is 6.08. The van der Waals surface area contributed by atoms with Crippen molar-refractivity contribution in [2.45, 2.75) is 20.0 Å². The summed E-state index contributed by atoms with van der Waals surface area (Å²) in [6.07, 6.45) is -1.10. The molecule has 0 aliphatic heterocycles. The van der Waals surface area contributed by atoms with Crippen molar-refractivity contribution < 1.29 is 33.3 Å². The van der Waals surface area contributed by atoms with Gasteiger partial charge >= 0.3 is 5.97 Å². The Hall–Kier alpha value is -3.55. The van der Waals surface area contributed by atoms with Crippen molar-refractivity contribution in [2.24, 2.45) is 0 Å². The first-order valence-corrected chi connectivity index (χ1v) is 8.73. The third kappa shape index (κ3) is 5.25. The maximum Gasteiger partial charge on any atom is 0.342 e. The van der Waals surface area contributed by atoms with Crippen LogP contribution in [0.15, 0.2) is 36.4 Å². The minimum absolute atomic E-state index is 0.0865. The molecule has 2 aromatic carbocycles. The Bertz CT molecular complexity index is 923. The number of methoxy groups -OCH3 is 3. The summed E-state index contributed by atoms with van der Waals surface area (Å²) in [4.78, 5) is 36.4. The van der Waals surface area contributed by atoms with E-state index in [1.807, 2.05) is 0 Å². The Morgan fingerprint density at radius 3 is 2.10 bits per heavy atom. The fourth-order valence-corrected chi connectivity index (χ4v) is 2.53. The molecule has 0 aromatic heterocycles. The monoisotopic (exact) mass is 401 g/mol. The number of hydrogen-bond donors (Lipinski definition) is 1. The van der Waals surface area contributed by atoms with Gasteiger partial charge in [0.25, 0.3) is 5.91 Å². The number of rotatable bonds is 8. The lowest BCUT2D eigenvalue weighted by Crippen LogP contribution is -2.30. The number of amides is 1. The molecule has 1 atom stereocenters. The molecule has 0 spiro atoms. The van der Waals surface area contributed by atoms with Crippen molar-refractivity contribution in [3.8, 4) is 17.2 Å². The van der Waals surface area contributed by atoms with Gasteiger partial charge in [-0.05, 0) is 26.0 Å². The molecule has 1 N–H and O–H groups in total. The molecular weight excluding hydrogens is 378 g/mol. The number of anilines is 1. The molecule has 0 radical (unpaired) electrons. The predicted molar refractivity (Wildman–Crippen MR) is 106 cm³/mol. The lowest BCUT2D eigenvalue weighted by Gasteiger charge is -2.16. The van der Waals surface area contributed by atoms with Gasteiger partial charge in [-0.2, -0.15) is 0 Å². The van der Waals surface area contributed by atoms with E-state index in [-0.39, 0.29) is 17.1 Å². The molecular formula is C21H23NO7. The van der Waals surface area contributed by atoms with Gasteiger partial charge in [-0.1, -0.05) is 12.1 Å². The van der Waals surface area contributed by atoms with E-state index < -0.39 is 18.0 Å². The zero-order valence-corrected chi connectivity index (χ0v) is 16.9. The Balaban J connectivity index is 2.15. The van der Waals surface area contributed by atoms with E-state index in [1.165, 1.54) is 47.3 Å².